The molecule has 0 saturated heterocycles. The number of nitrogens with zero attached hydrogens (tertiary/aromatic N) is 4. The van der Waals surface area contributed by atoms with Crippen LogP contribution in [0.15, 0.2) is 18.5 Å². The molecule has 0 fully saturated rings. The highest BCUT2D eigenvalue weighted by Gasteiger charge is 2.20. The lowest BCUT2D eigenvalue weighted by atomic mass is 10.2. The average Bonchev–Trinajstić information content (AvgIpc) is 2.40. The number of anilines is 1. The number of carbonyl (C=O) groups is 1. The Kier molecular flexibility index (Phi) is 5.74. The van der Waals surface area contributed by atoms with E-state index in [0.29, 0.717) is 25.5 Å². The van der Waals surface area contributed by atoms with Gasteiger partial charge in [-0.1, -0.05) is 6.92 Å². The fraction of sp³-hybridized carbons (Fsp3) is 0.500. The Morgan fingerprint density at radius 3 is 2.78 bits per heavy atom. The van der Waals surface area contributed by atoms with E-state index in [-0.39, 0.29) is 11.9 Å². The largest absolute Gasteiger partial charge is 0.293 e. The maximum atomic E-state index is 12.0. The number of nitriles is 1. The number of likely N-dealkylation sites (N-methyl/N-ethyl adjacent to an activating group) is 1. The third kappa shape index (κ3) is 4.11. The highest BCUT2D eigenvalue weighted by atomic mass is 16.2. The van der Waals surface area contributed by atoms with Crippen molar-refractivity contribution in [2.45, 2.75) is 26.3 Å². The van der Waals surface area contributed by atoms with Crippen molar-refractivity contribution in [2.75, 3.05) is 18.4 Å². The Balaban J connectivity index is 2.57. The van der Waals surface area contributed by atoms with Crippen LogP contribution in [0.25, 0.3) is 0 Å². The van der Waals surface area contributed by atoms with Crippen LogP contribution in [0.5, 0.6) is 0 Å². The van der Waals surface area contributed by atoms with Crippen LogP contribution in [-0.2, 0) is 4.79 Å². The normalized spacial score (nSPS) is 11.9. The maximum Gasteiger partial charge on any atom is 0.243 e. The molecule has 0 aliphatic carbocycles. The first kappa shape index (κ1) is 14.1. The van der Waals surface area contributed by atoms with Crippen molar-refractivity contribution in [1.29, 1.82) is 5.26 Å². The average molecular weight is 247 g/mol. The summed E-state index contributed by atoms with van der Waals surface area (Å²) >= 11 is 0. The molecule has 0 bridgehead atoms. The lowest BCUT2D eigenvalue weighted by Crippen LogP contribution is -2.42. The summed E-state index contributed by atoms with van der Waals surface area (Å²) in [5.41, 5.74) is 0. The Morgan fingerprint density at radius 2 is 2.22 bits per heavy atom. The van der Waals surface area contributed by atoms with Gasteiger partial charge in [0, 0.05) is 25.4 Å². The fourth-order valence-corrected chi connectivity index (χ4v) is 1.56. The van der Waals surface area contributed by atoms with Gasteiger partial charge in [0.2, 0.25) is 11.9 Å². The zero-order valence-electron chi connectivity index (χ0n) is 10.6. The van der Waals surface area contributed by atoms with Gasteiger partial charge < -0.3 is 0 Å². The molecule has 96 valence electrons. The molecule has 0 aromatic carbocycles. The monoisotopic (exact) mass is 247 g/mol. The van der Waals surface area contributed by atoms with Gasteiger partial charge in [-0.2, -0.15) is 5.26 Å². The van der Waals surface area contributed by atoms with Crippen molar-refractivity contribution in [3.05, 3.63) is 18.5 Å². The molecule has 0 aliphatic heterocycles. The second-order valence-electron chi connectivity index (χ2n) is 3.77. The summed E-state index contributed by atoms with van der Waals surface area (Å²) in [4.78, 5) is 21.8. The van der Waals surface area contributed by atoms with E-state index in [1.807, 2.05) is 11.8 Å². The molecular formula is C12H17N5O. The Hall–Kier alpha value is -2.00. The Morgan fingerprint density at radius 1 is 1.56 bits per heavy atom. The fourth-order valence-electron chi connectivity index (χ4n) is 1.56. The van der Waals surface area contributed by atoms with Crippen molar-refractivity contribution in [2.24, 2.45) is 0 Å². The number of amides is 1. The zero-order chi connectivity index (χ0) is 13.4. The highest BCUT2D eigenvalue weighted by molar-refractivity contribution is 5.92. The molecule has 1 atom stereocenters. The Labute approximate surface area is 107 Å². The highest BCUT2D eigenvalue weighted by Crippen LogP contribution is 2.03. The first-order valence-corrected chi connectivity index (χ1v) is 5.88. The van der Waals surface area contributed by atoms with Crippen molar-refractivity contribution < 1.29 is 4.79 Å². The molecule has 1 aromatic heterocycles. The van der Waals surface area contributed by atoms with Crippen molar-refractivity contribution in [3.8, 4) is 6.07 Å². The van der Waals surface area contributed by atoms with Gasteiger partial charge in [-0.3, -0.25) is 15.0 Å². The molecule has 6 heteroatoms. The predicted molar refractivity (Wildman–Crippen MR) is 67.6 cm³/mol. The third-order valence-electron chi connectivity index (χ3n) is 2.64. The summed E-state index contributed by atoms with van der Waals surface area (Å²) in [5, 5.41) is 11.2. The van der Waals surface area contributed by atoms with E-state index in [1.165, 1.54) is 0 Å². The van der Waals surface area contributed by atoms with E-state index in [9.17, 15) is 4.79 Å². The minimum Gasteiger partial charge on any atom is -0.293 e. The number of rotatable bonds is 6. The van der Waals surface area contributed by atoms with Gasteiger partial charge >= 0.3 is 0 Å². The molecule has 1 amide bonds. The first-order chi connectivity index (χ1) is 8.69. The van der Waals surface area contributed by atoms with E-state index >= 15 is 0 Å². The topological polar surface area (TPSA) is 81.9 Å². The summed E-state index contributed by atoms with van der Waals surface area (Å²) in [5.74, 6) is 0.131. The quantitative estimate of drug-likeness (QED) is 0.812. The summed E-state index contributed by atoms with van der Waals surface area (Å²) in [6.07, 6.45) is 3.55. The molecule has 0 saturated carbocycles. The van der Waals surface area contributed by atoms with Crippen LogP contribution in [-0.4, -0.2) is 39.9 Å². The molecule has 1 heterocycles. The molecule has 1 rings (SSSR count). The number of nitrogens with one attached hydrogen (secondary N) is 1. The van der Waals surface area contributed by atoms with Crippen LogP contribution in [0.4, 0.5) is 5.95 Å². The van der Waals surface area contributed by atoms with Gasteiger partial charge in [-0.15, -0.1) is 0 Å². The third-order valence-corrected chi connectivity index (χ3v) is 2.64. The van der Waals surface area contributed by atoms with Crippen LogP contribution >= 0.6 is 0 Å². The Bertz CT molecular complexity index is 414. The van der Waals surface area contributed by atoms with Gasteiger partial charge in [0.25, 0.3) is 0 Å². The number of hydrogen-bond donors (Lipinski definition) is 1. The first-order valence-electron chi connectivity index (χ1n) is 5.88. The second kappa shape index (κ2) is 7.35. The number of hydrogen-bond acceptors (Lipinski definition) is 5. The lowest BCUT2D eigenvalue weighted by Gasteiger charge is -2.25. The van der Waals surface area contributed by atoms with Gasteiger partial charge in [0.05, 0.1) is 12.1 Å². The smallest absolute Gasteiger partial charge is 0.243 e. The number of aromatic nitrogens is 2. The molecule has 0 radical (unpaired) electrons. The van der Waals surface area contributed by atoms with Crippen molar-refractivity contribution in [3.63, 3.8) is 0 Å². The molecule has 0 unspecified atom stereocenters. The van der Waals surface area contributed by atoms with E-state index in [1.54, 1.807) is 25.4 Å². The van der Waals surface area contributed by atoms with Gasteiger partial charge in [-0.25, -0.2) is 9.97 Å². The van der Waals surface area contributed by atoms with E-state index in [0.717, 1.165) is 0 Å². The molecule has 0 spiro atoms. The lowest BCUT2D eigenvalue weighted by molar-refractivity contribution is -0.120. The summed E-state index contributed by atoms with van der Waals surface area (Å²) in [6, 6.07) is 3.45. The molecule has 1 aromatic rings. The minimum absolute atomic E-state index is 0.166. The van der Waals surface area contributed by atoms with Crippen molar-refractivity contribution >= 4 is 11.9 Å². The van der Waals surface area contributed by atoms with Gasteiger partial charge in [0.15, 0.2) is 0 Å². The molecule has 1 N–H and O–H groups in total. The van der Waals surface area contributed by atoms with E-state index in [4.69, 9.17) is 5.26 Å². The zero-order valence-corrected chi connectivity index (χ0v) is 10.6. The van der Waals surface area contributed by atoms with Crippen LogP contribution in [0.3, 0.4) is 0 Å². The maximum absolute atomic E-state index is 12.0. The molecular weight excluding hydrogens is 230 g/mol. The van der Waals surface area contributed by atoms with Crippen LogP contribution in [0.2, 0.25) is 0 Å². The standard InChI is InChI=1S/C12H17N5O/c1-3-17(9-4-6-13)10(2)11(18)16-12-14-7-5-8-15-12/h5,7-8,10H,3-4,9H2,1-2H3,(H,14,15,16,18)/t10-/m1/s1. The van der Waals surface area contributed by atoms with Crippen molar-refractivity contribution in [1.82, 2.24) is 14.9 Å². The minimum atomic E-state index is -0.313. The van der Waals surface area contributed by atoms with Crippen LogP contribution in [0.1, 0.15) is 20.3 Å². The number of carbonyl (C=O) groups excluding carboxylic acids is 1. The van der Waals surface area contributed by atoms with Gasteiger partial charge in [0.1, 0.15) is 0 Å². The van der Waals surface area contributed by atoms with Crippen LogP contribution in [0, 0.1) is 11.3 Å². The summed E-state index contributed by atoms with van der Waals surface area (Å²) < 4.78 is 0. The SMILES string of the molecule is CCN(CCC#N)[C@H](C)C(=O)Nc1ncccn1. The molecule has 0 aliphatic rings. The summed E-state index contributed by atoms with van der Waals surface area (Å²) in [7, 11) is 0. The second-order valence-corrected chi connectivity index (χ2v) is 3.77. The summed E-state index contributed by atoms with van der Waals surface area (Å²) in [6.45, 7) is 5.06. The predicted octanol–water partition coefficient (Wildman–Crippen LogP) is 1.04. The van der Waals surface area contributed by atoms with E-state index in [2.05, 4.69) is 21.4 Å². The van der Waals surface area contributed by atoms with E-state index < -0.39 is 0 Å². The van der Waals surface area contributed by atoms with Gasteiger partial charge in [-0.05, 0) is 19.5 Å². The molecule has 6 nitrogen and oxygen atoms in total. The van der Waals surface area contributed by atoms with Crippen LogP contribution < -0.4 is 5.32 Å². The molecule has 18 heavy (non-hydrogen) atoms.